The largest absolute Gasteiger partial charge is 0.452 e. The van der Waals surface area contributed by atoms with Gasteiger partial charge in [-0.2, -0.15) is 0 Å². The van der Waals surface area contributed by atoms with Gasteiger partial charge >= 0.3 is 0 Å². The van der Waals surface area contributed by atoms with Gasteiger partial charge in [0.1, 0.15) is 0 Å². The zero-order valence-electron chi connectivity index (χ0n) is 33.4. The molecule has 0 atom stereocenters. The van der Waals surface area contributed by atoms with E-state index in [0.717, 1.165) is 51.1 Å². The lowest BCUT2D eigenvalue weighted by Gasteiger charge is -2.45. The van der Waals surface area contributed by atoms with Gasteiger partial charge in [0.25, 0.3) is 0 Å². The quantitative estimate of drug-likeness (QED) is 0.162. The Balaban J connectivity index is 1.08. The summed E-state index contributed by atoms with van der Waals surface area (Å²) >= 11 is 0. The second-order valence-electron chi connectivity index (χ2n) is 16.5. The van der Waals surface area contributed by atoms with E-state index in [-0.39, 0.29) is 5.41 Å². The molecule has 0 amide bonds. The van der Waals surface area contributed by atoms with Gasteiger partial charge in [-0.1, -0.05) is 178 Å². The second kappa shape index (κ2) is 13.2. The van der Waals surface area contributed by atoms with Crippen LogP contribution in [-0.4, -0.2) is 0 Å². The van der Waals surface area contributed by atoms with Crippen LogP contribution >= 0.6 is 0 Å². The first-order chi connectivity index (χ1) is 29.5. The summed E-state index contributed by atoms with van der Waals surface area (Å²) in [5.41, 5.74) is 13.5. The molecule has 284 valence electrons. The Bertz CT molecular complexity index is 3330. The summed E-state index contributed by atoms with van der Waals surface area (Å²) in [7, 11) is 0. The van der Waals surface area contributed by atoms with Crippen molar-refractivity contribution in [2.75, 3.05) is 9.80 Å². The molecule has 10 aromatic rings. The normalized spacial score (nSPS) is 13.4. The van der Waals surface area contributed by atoms with Gasteiger partial charge in [-0.3, -0.25) is 0 Å². The molecule has 0 saturated heterocycles. The lowest BCUT2D eigenvalue weighted by atomic mass is 9.72. The molecule has 3 heteroatoms. The lowest BCUT2D eigenvalue weighted by molar-refractivity contribution is 0.474. The van der Waals surface area contributed by atoms with Gasteiger partial charge < -0.3 is 14.5 Å². The van der Waals surface area contributed by atoms with Crippen molar-refractivity contribution in [2.45, 2.75) is 19.3 Å². The lowest BCUT2D eigenvalue weighted by Crippen LogP contribution is -2.32. The first kappa shape index (κ1) is 34.4. The summed E-state index contributed by atoms with van der Waals surface area (Å²) in [5.74, 6) is 1.73. The molecule has 2 heterocycles. The maximum atomic E-state index is 7.20. The van der Waals surface area contributed by atoms with Crippen molar-refractivity contribution < 1.29 is 4.74 Å². The van der Waals surface area contributed by atoms with Crippen LogP contribution in [0.4, 0.5) is 34.1 Å². The van der Waals surface area contributed by atoms with E-state index >= 15 is 0 Å². The van der Waals surface area contributed by atoms with Crippen LogP contribution in [0.3, 0.4) is 0 Å². The Kier molecular flexibility index (Phi) is 7.58. The zero-order valence-corrected chi connectivity index (χ0v) is 33.4. The monoisotopic (exact) mass is 768 g/mol. The van der Waals surface area contributed by atoms with Crippen LogP contribution in [0.25, 0.3) is 54.6 Å². The highest BCUT2D eigenvalue weighted by Crippen LogP contribution is 2.63. The SMILES string of the molecule is CC1(C)c2ccccc2N2c3c1ccc(-c1cccc(N(c4ccc(-c5ccccc5)cc4)c4cc5ccccc5c5ccccc45)c1)c3Oc1ccc3ccccc3c12. The van der Waals surface area contributed by atoms with Crippen molar-refractivity contribution in [1.29, 1.82) is 0 Å². The number of benzene rings is 10. The molecule has 0 aromatic heterocycles. The fraction of sp³-hybridized carbons (Fsp3) is 0.0526. The Morgan fingerprint density at radius 1 is 0.433 bits per heavy atom. The number of hydrogen-bond acceptors (Lipinski definition) is 3. The number of hydrogen-bond donors (Lipinski definition) is 0. The first-order valence-corrected chi connectivity index (χ1v) is 20.8. The molecule has 0 aliphatic carbocycles. The molecule has 0 unspecified atom stereocenters. The van der Waals surface area contributed by atoms with Crippen LogP contribution in [0.2, 0.25) is 0 Å². The smallest absolute Gasteiger partial charge is 0.159 e. The van der Waals surface area contributed by atoms with E-state index in [0.29, 0.717) is 0 Å². The Morgan fingerprint density at radius 2 is 1.10 bits per heavy atom. The van der Waals surface area contributed by atoms with Gasteiger partial charge in [0.2, 0.25) is 0 Å². The summed E-state index contributed by atoms with van der Waals surface area (Å²) in [4.78, 5) is 4.90. The Labute approximate surface area is 350 Å². The van der Waals surface area contributed by atoms with Gasteiger partial charge in [0, 0.05) is 33.1 Å². The van der Waals surface area contributed by atoms with E-state index in [1.54, 1.807) is 0 Å². The third-order valence-electron chi connectivity index (χ3n) is 12.8. The van der Waals surface area contributed by atoms with E-state index in [9.17, 15) is 0 Å². The van der Waals surface area contributed by atoms with Crippen molar-refractivity contribution in [2.24, 2.45) is 0 Å². The molecule has 0 radical (unpaired) electrons. The Morgan fingerprint density at radius 3 is 1.93 bits per heavy atom. The minimum atomic E-state index is -0.247. The van der Waals surface area contributed by atoms with Crippen LogP contribution in [0.1, 0.15) is 25.0 Å². The van der Waals surface area contributed by atoms with E-state index in [1.165, 1.54) is 60.3 Å². The molecule has 2 aliphatic heterocycles. The van der Waals surface area contributed by atoms with Crippen molar-refractivity contribution >= 4 is 66.4 Å². The number of anilines is 6. The van der Waals surface area contributed by atoms with Crippen LogP contribution in [-0.2, 0) is 5.41 Å². The highest BCUT2D eigenvalue weighted by atomic mass is 16.5. The second-order valence-corrected chi connectivity index (χ2v) is 16.5. The molecule has 0 spiro atoms. The summed E-state index contributed by atoms with van der Waals surface area (Å²) < 4.78 is 7.20. The fourth-order valence-electron chi connectivity index (χ4n) is 9.87. The van der Waals surface area contributed by atoms with Crippen LogP contribution in [0, 0.1) is 0 Å². The van der Waals surface area contributed by atoms with Gasteiger partial charge in [-0.25, -0.2) is 0 Å². The molecule has 2 aliphatic rings. The molecule has 0 fully saturated rings. The minimum absolute atomic E-state index is 0.247. The molecule has 0 saturated carbocycles. The van der Waals surface area contributed by atoms with Crippen LogP contribution in [0.5, 0.6) is 11.5 Å². The molecule has 0 N–H and O–H groups in total. The topological polar surface area (TPSA) is 15.7 Å². The number of para-hydroxylation sites is 1. The van der Waals surface area contributed by atoms with Crippen molar-refractivity contribution in [3.05, 3.63) is 217 Å². The van der Waals surface area contributed by atoms with E-state index in [2.05, 4.69) is 230 Å². The van der Waals surface area contributed by atoms with Crippen molar-refractivity contribution in [1.82, 2.24) is 0 Å². The average Bonchev–Trinajstić information content (AvgIpc) is 3.31. The molecular formula is C57H40N2O. The number of ether oxygens (including phenoxy) is 1. The van der Waals surface area contributed by atoms with Gasteiger partial charge in [-0.15, -0.1) is 0 Å². The van der Waals surface area contributed by atoms with Crippen molar-refractivity contribution in [3.63, 3.8) is 0 Å². The number of nitrogens with zero attached hydrogens (tertiary/aromatic N) is 2. The summed E-state index contributed by atoms with van der Waals surface area (Å²) in [6.45, 7) is 4.68. The van der Waals surface area contributed by atoms with Gasteiger partial charge in [-0.05, 0) is 91.8 Å². The highest BCUT2D eigenvalue weighted by molar-refractivity contribution is 6.15. The predicted octanol–water partition coefficient (Wildman–Crippen LogP) is 16.2. The zero-order chi connectivity index (χ0) is 40.0. The fourth-order valence-corrected chi connectivity index (χ4v) is 9.87. The van der Waals surface area contributed by atoms with E-state index in [4.69, 9.17) is 4.74 Å². The summed E-state index contributed by atoms with van der Waals surface area (Å²) in [6.07, 6.45) is 0. The summed E-state index contributed by atoms with van der Waals surface area (Å²) in [6, 6.07) is 74.8. The number of rotatable bonds is 5. The maximum absolute atomic E-state index is 7.20. The molecular weight excluding hydrogens is 729 g/mol. The molecule has 12 rings (SSSR count). The molecule has 0 bridgehead atoms. The molecule has 3 nitrogen and oxygen atoms in total. The summed E-state index contributed by atoms with van der Waals surface area (Å²) in [5, 5.41) is 7.24. The van der Waals surface area contributed by atoms with Crippen molar-refractivity contribution in [3.8, 4) is 33.8 Å². The first-order valence-electron chi connectivity index (χ1n) is 20.8. The van der Waals surface area contributed by atoms with E-state index in [1.807, 2.05) is 0 Å². The Hall–Kier alpha value is -7.62. The number of fused-ring (bicyclic) bond motifs is 9. The standard InChI is InChI=1S/C57H40N2O/c1-57(2)49-25-12-13-26-51(49)59-54-45-22-9-6-17-39(45)29-34-53(54)60-56-46(32-33-50(57)55(56)59)40-19-14-20-43(35-40)58(42-30-27-38(28-31-42)37-15-4-3-5-16-37)52-36-41-18-7-8-21-44(41)47-23-10-11-24-48(47)52/h3-36H,1-2H3. The maximum Gasteiger partial charge on any atom is 0.159 e. The third kappa shape index (κ3) is 5.15. The van der Waals surface area contributed by atoms with Crippen LogP contribution < -0.4 is 14.5 Å². The average molecular weight is 769 g/mol. The molecule has 60 heavy (non-hydrogen) atoms. The van der Waals surface area contributed by atoms with E-state index < -0.39 is 0 Å². The third-order valence-corrected chi connectivity index (χ3v) is 12.8. The van der Waals surface area contributed by atoms with Gasteiger partial charge in [0.15, 0.2) is 11.5 Å². The van der Waals surface area contributed by atoms with Crippen LogP contribution in [0.15, 0.2) is 206 Å². The predicted molar refractivity (Wildman–Crippen MR) is 251 cm³/mol. The minimum Gasteiger partial charge on any atom is -0.452 e. The van der Waals surface area contributed by atoms with Gasteiger partial charge in [0.05, 0.1) is 22.7 Å². The molecule has 10 aromatic carbocycles. The highest BCUT2D eigenvalue weighted by Gasteiger charge is 2.43.